The molecule has 0 bridgehead atoms. The first kappa shape index (κ1) is 14.0. The van der Waals surface area contributed by atoms with Crippen LogP contribution in [0.2, 0.25) is 0 Å². The molecule has 3 rings (SSSR count). The number of fused-ring (bicyclic) bond motifs is 1. The van der Waals surface area contributed by atoms with Gasteiger partial charge in [-0.2, -0.15) is 0 Å². The maximum atomic E-state index is 12.4. The SMILES string of the molecule is CCNC1COCC1C(=O)Nc1ccc2oc(C)nc2c1. The Bertz CT molecular complexity index is 653. The predicted octanol–water partition coefficient (Wildman–Crippen LogP) is 1.70. The molecule has 1 aromatic carbocycles. The van der Waals surface area contributed by atoms with Gasteiger partial charge in [0.25, 0.3) is 0 Å². The average Bonchev–Trinajstić information content (AvgIpc) is 3.04. The van der Waals surface area contributed by atoms with Gasteiger partial charge >= 0.3 is 0 Å². The number of carbonyl (C=O) groups excluding carboxylic acids is 1. The summed E-state index contributed by atoms with van der Waals surface area (Å²) < 4.78 is 10.8. The van der Waals surface area contributed by atoms with Gasteiger partial charge in [0.1, 0.15) is 5.52 Å². The number of nitrogens with zero attached hydrogens (tertiary/aromatic N) is 1. The van der Waals surface area contributed by atoms with E-state index in [1.54, 1.807) is 6.92 Å². The van der Waals surface area contributed by atoms with E-state index in [-0.39, 0.29) is 17.9 Å². The Hall–Kier alpha value is -1.92. The van der Waals surface area contributed by atoms with E-state index in [1.165, 1.54) is 0 Å². The highest BCUT2D eigenvalue weighted by Crippen LogP contribution is 2.21. The van der Waals surface area contributed by atoms with E-state index in [0.717, 1.165) is 23.3 Å². The number of ether oxygens (including phenoxy) is 1. The van der Waals surface area contributed by atoms with Crippen LogP contribution in [-0.2, 0) is 9.53 Å². The lowest BCUT2D eigenvalue weighted by molar-refractivity contribution is -0.120. The second-order valence-electron chi connectivity index (χ2n) is 5.21. The number of nitrogens with one attached hydrogen (secondary N) is 2. The third-order valence-corrected chi connectivity index (χ3v) is 3.65. The van der Waals surface area contributed by atoms with Crippen molar-refractivity contribution in [1.82, 2.24) is 10.3 Å². The van der Waals surface area contributed by atoms with Crippen LogP contribution >= 0.6 is 0 Å². The number of aromatic nitrogens is 1. The maximum absolute atomic E-state index is 12.4. The minimum absolute atomic E-state index is 0.0296. The normalized spacial score (nSPS) is 21.8. The molecule has 6 nitrogen and oxygen atoms in total. The zero-order chi connectivity index (χ0) is 14.8. The quantitative estimate of drug-likeness (QED) is 0.896. The summed E-state index contributed by atoms with van der Waals surface area (Å²) in [5.41, 5.74) is 2.19. The number of benzene rings is 1. The Morgan fingerprint density at radius 1 is 1.43 bits per heavy atom. The van der Waals surface area contributed by atoms with E-state index in [9.17, 15) is 4.79 Å². The van der Waals surface area contributed by atoms with Gasteiger partial charge in [-0.3, -0.25) is 4.79 Å². The standard InChI is InChI=1S/C15H19N3O3/c1-3-16-13-8-20-7-11(13)15(19)18-10-4-5-14-12(6-10)17-9(2)21-14/h4-6,11,13,16H,3,7-8H2,1-2H3,(H,18,19). The van der Waals surface area contributed by atoms with E-state index in [4.69, 9.17) is 9.15 Å². The summed E-state index contributed by atoms with van der Waals surface area (Å²) in [6, 6.07) is 5.54. The van der Waals surface area contributed by atoms with Crippen molar-refractivity contribution in [3.63, 3.8) is 0 Å². The molecule has 0 radical (unpaired) electrons. The molecule has 1 aromatic heterocycles. The fraction of sp³-hybridized carbons (Fsp3) is 0.467. The smallest absolute Gasteiger partial charge is 0.231 e. The number of rotatable bonds is 4. The molecule has 0 spiro atoms. The minimum atomic E-state index is -0.167. The zero-order valence-corrected chi connectivity index (χ0v) is 12.2. The molecule has 6 heteroatoms. The first-order chi connectivity index (χ1) is 10.2. The molecule has 2 atom stereocenters. The second-order valence-corrected chi connectivity index (χ2v) is 5.21. The third-order valence-electron chi connectivity index (χ3n) is 3.65. The largest absolute Gasteiger partial charge is 0.441 e. The van der Waals surface area contributed by atoms with Crippen molar-refractivity contribution in [2.75, 3.05) is 25.1 Å². The molecule has 1 amide bonds. The van der Waals surface area contributed by atoms with E-state index in [1.807, 2.05) is 25.1 Å². The molecule has 21 heavy (non-hydrogen) atoms. The molecular weight excluding hydrogens is 270 g/mol. The number of aryl methyl sites for hydroxylation is 1. The molecule has 0 aliphatic carbocycles. The van der Waals surface area contributed by atoms with Crippen molar-refractivity contribution < 1.29 is 13.9 Å². The Morgan fingerprint density at radius 2 is 2.29 bits per heavy atom. The summed E-state index contributed by atoms with van der Waals surface area (Å²) in [5, 5.41) is 6.21. The van der Waals surface area contributed by atoms with Crippen LogP contribution in [0.15, 0.2) is 22.6 Å². The van der Waals surface area contributed by atoms with Crippen LogP contribution in [0.5, 0.6) is 0 Å². The molecule has 2 aromatic rings. The van der Waals surface area contributed by atoms with E-state index >= 15 is 0 Å². The molecule has 0 saturated carbocycles. The van der Waals surface area contributed by atoms with Crippen LogP contribution in [0.3, 0.4) is 0 Å². The van der Waals surface area contributed by atoms with E-state index < -0.39 is 0 Å². The highest BCUT2D eigenvalue weighted by molar-refractivity contribution is 5.95. The number of anilines is 1. The summed E-state index contributed by atoms with van der Waals surface area (Å²) in [7, 11) is 0. The fourth-order valence-electron chi connectivity index (χ4n) is 2.63. The van der Waals surface area contributed by atoms with E-state index in [0.29, 0.717) is 19.1 Å². The van der Waals surface area contributed by atoms with Gasteiger partial charge in [-0.25, -0.2) is 4.98 Å². The number of carbonyl (C=O) groups is 1. The Kier molecular flexibility index (Phi) is 3.90. The van der Waals surface area contributed by atoms with Crippen LogP contribution in [0.25, 0.3) is 11.1 Å². The highest BCUT2D eigenvalue weighted by Gasteiger charge is 2.33. The first-order valence-corrected chi connectivity index (χ1v) is 7.16. The van der Waals surface area contributed by atoms with Crippen LogP contribution in [0, 0.1) is 12.8 Å². The van der Waals surface area contributed by atoms with Gasteiger partial charge in [0.05, 0.1) is 19.1 Å². The van der Waals surface area contributed by atoms with Gasteiger partial charge in [-0.15, -0.1) is 0 Å². The number of hydrogen-bond acceptors (Lipinski definition) is 5. The van der Waals surface area contributed by atoms with Crippen LogP contribution in [-0.4, -0.2) is 36.7 Å². The van der Waals surface area contributed by atoms with Crippen molar-refractivity contribution in [2.24, 2.45) is 5.92 Å². The lowest BCUT2D eigenvalue weighted by Crippen LogP contribution is -2.41. The van der Waals surface area contributed by atoms with Gasteiger partial charge in [-0.05, 0) is 24.7 Å². The first-order valence-electron chi connectivity index (χ1n) is 7.16. The number of oxazole rings is 1. The fourth-order valence-corrected chi connectivity index (χ4v) is 2.63. The molecule has 1 aliphatic heterocycles. The average molecular weight is 289 g/mol. The topological polar surface area (TPSA) is 76.4 Å². The lowest BCUT2D eigenvalue weighted by Gasteiger charge is -2.17. The van der Waals surface area contributed by atoms with Gasteiger partial charge in [0.15, 0.2) is 11.5 Å². The number of amides is 1. The summed E-state index contributed by atoms with van der Waals surface area (Å²) in [6.07, 6.45) is 0. The molecule has 1 fully saturated rings. The predicted molar refractivity (Wildman–Crippen MR) is 79.1 cm³/mol. The summed E-state index contributed by atoms with van der Waals surface area (Å²) in [4.78, 5) is 16.6. The van der Waals surface area contributed by atoms with Crippen molar-refractivity contribution in [3.8, 4) is 0 Å². The zero-order valence-electron chi connectivity index (χ0n) is 12.2. The molecule has 112 valence electrons. The number of likely N-dealkylation sites (N-methyl/N-ethyl adjacent to an activating group) is 1. The molecule has 1 saturated heterocycles. The summed E-state index contributed by atoms with van der Waals surface area (Å²) >= 11 is 0. The van der Waals surface area contributed by atoms with Crippen LogP contribution in [0.4, 0.5) is 5.69 Å². The third kappa shape index (κ3) is 2.91. The van der Waals surface area contributed by atoms with Crippen LogP contribution < -0.4 is 10.6 Å². The number of hydrogen-bond donors (Lipinski definition) is 2. The highest BCUT2D eigenvalue weighted by atomic mass is 16.5. The molecule has 2 N–H and O–H groups in total. The summed E-state index contributed by atoms with van der Waals surface area (Å²) in [6.45, 7) is 5.67. The van der Waals surface area contributed by atoms with Gasteiger partial charge in [-0.1, -0.05) is 6.92 Å². The van der Waals surface area contributed by atoms with Crippen LogP contribution in [0.1, 0.15) is 12.8 Å². The lowest BCUT2D eigenvalue weighted by atomic mass is 10.0. The van der Waals surface area contributed by atoms with Crippen molar-refractivity contribution in [1.29, 1.82) is 0 Å². The monoisotopic (exact) mass is 289 g/mol. The Balaban J connectivity index is 1.73. The molecule has 2 unspecified atom stereocenters. The second kappa shape index (κ2) is 5.83. The Labute approximate surface area is 122 Å². The Morgan fingerprint density at radius 3 is 3.10 bits per heavy atom. The van der Waals surface area contributed by atoms with Crippen molar-refractivity contribution in [2.45, 2.75) is 19.9 Å². The van der Waals surface area contributed by atoms with E-state index in [2.05, 4.69) is 15.6 Å². The summed E-state index contributed by atoms with van der Waals surface area (Å²) in [5.74, 6) is 0.419. The minimum Gasteiger partial charge on any atom is -0.441 e. The van der Waals surface area contributed by atoms with Gasteiger partial charge < -0.3 is 19.8 Å². The van der Waals surface area contributed by atoms with Crippen molar-refractivity contribution >= 4 is 22.7 Å². The van der Waals surface area contributed by atoms with Crippen molar-refractivity contribution in [3.05, 3.63) is 24.1 Å². The van der Waals surface area contributed by atoms with Gasteiger partial charge in [0, 0.05) is 18.7 Å². The van der Waals surface area contributed by atoms with Gasteiger partial charge in [0.2, 0.25) is 5.91 Å². The molecule has 2 heterocycles. The maximum Gasteiger partial charge on any atom is 0.231 e. The molecule has 1 aliphatic rings. The molecular formula is C15H19N3O3.